The lowest BCUT2D eigenvalue weighted by Gasteiger charge is -2.23. The van der Waals surface area contributed by atoms with Crippen molar-refractivity contribution < 1.29 is 33.6 Å². The Balaban J connectivity index is 1.65. The van der Waals surface area contributed by atoms with Gasteiger partial charge in [0.1, 0.15) is 17.2 Å². The molecule has 0 spiro atoms. The molecule has 33 heavy (non-hydrogen) atoms. The molecule has 2 heterocycles. The maximum Gasteiger partial charge on any atom is 0.231 e. The molecule has 2 aliphatic heterocycles. The van der Waals surface area contributed by atoms with Crippen molar-refractivity contribution in [3.05, 3.63) is 56.8 Å². The van der Waals surface area contributed by atoms with Gasteiger partial charge in [-0.1, -0.05) is 15.9 Å². The highest BCUT2D eigenvalue weighted by Gasteiger charge is 2.32. The van der Waals surface area contributed by atoms with Crippen LogP contribution in [-0.4, -0.2) is 63.1 Å². The van der Waals surface area contributed by atoms with Gasteiger partial charge in [-0.2, -0.15) is 0 Å². The molecular weight excluding hydrogens is 494 g/mol. The van der Waals surface area contributed by atoms with E-state index in [2.05, 4.69) is 20.8 Å². The van der Waals surface area contributed by atoms with Crippen LogP contribution in [0.2, 0.25) is 0 Å². The summed E-state index contributed by atoms with van der Waals surface area (Å²) >= 11 is 3.50. The first-order valence-electron chi connectivity index (χ1n) is 10.5. The van der Waals surface area contributed by atoms with Gasteiger partial charge in [0.05, 0.1) is 30.9 Å². The number of hydrogen-bond donors (Lipinski definition) is 1. The molecule has 176 valence electrons. The van der Waals surface area contributed by atoms with Crippen molar-refractivity contribution in [2.45, 2.75) is 13.2 Å². The van der Waals surface area contributed by atoms with Gasteiger partial charge < -0.3 is 28.8 Å². The zero-order valence-corrected chi connectivity index (χ0v) is 20.1. The third-order valence-corrected chi connectivity index (χ3v) is 5.97. The number of nitrogens with zero attached hydrogens (tertiary/aromatic N) is 1. The van der Waals surface area contributed by atoms with Crippen LogP contribution < -0.4 is 9.47 Å². The smallest absolute Gasteiger partial charge is 0.231 e. The van der Waals surface area contributed by atoms with Crippen LogP contribution in [0.15, 0.2) is 34.5 Å². The van der Waals surface area contributed by atoms with Crippen LogP contribution in [0.3, 0.4) is 0 Å². The fourth-order valence-corrected chi connectivity index (χ4v) is 4.36. The molecule has 0 radical (unpaired) electrons. The highest BCUT2D eigenvalue weighted by molar-refractivity contribution is 9.10. The normalized spacial score (nSPS) is 16.0. The van der Waals surface area contributed by atoms with Gasteiger partial charge in [-0.05, 0) is 30.3 Å². The quantitative estimate of drug-likeness (QED) is 0.501. The van der Waals surface area contributed by atoms with E-state index in [1.54, 1.807) is 26.4 Å². The van der Waals surface area contributed by atoms with Gasteiger partial charge in [0, 0.05) is 49.5 Å². The van der Waals surface area contributed by atoms with Crippen molar-refractivity contribution in [3.8, 4) is 17.2 Å². The Morgan fingerprint density at radius 2 is 1.91 bits per heavy atom. The number of halogens is 1. The molecule has 2 aromatic carbocycles. The van der Waals surface area contributed by atoms with Gasteiger partial charge in [0.15, 0.2) is 12.6 Å². The van der Waals surface area contributed by atoms with E-state index in [4.69, 9.17) is 23.7 Å². The van der Waals surface area contributed by atoms with Crippen LogP contribution in [0.25, 0.3) is 6.08 Å². The van der Waals surface area contributed by atoms with Crippen molar-refractivity contribution in [3.63, 3.8) is 0 Å². The van der Waals surface area contributed by atoms with Gasteiger partial charge in [-0.3, -0.25) is 9.69 Å². The molecule has 0 bridgehead atoms. The number of carbonyl (C=O) groups is 1. The van der Waals surface area contributed by atoms with E-state index >= 15 is 0 Å². The number of allylic oxidation sites excluding steroid dienone is 1. The fraction of sp³-hybridized carbons (Fsp3) is 0.375. The third-order valence-electron chi connectivity index (χ3n) is 5.51. The van der Waals surface area contributed by atoms with Gasteiger partial charge in [-0.25, -0.2) is 0 Å². The van der Waals surface area contributed by atoms with E-state index in [1.807, 2.05) is 12.1 Å². The summed E-state index contributed by atoms with van der Waals surface area (Å²) in [7, 11) is 3.28. The Morgan fingerprint density at radius 1 is 1.15 bits per heavy atom. The monoisotopic (exact) mass is 519 g/mol. The molecule has 0 saturated heterocycles. The summed E-state index contributed by atoms with van der Waals surface area (Å²) in [6, 6.07) is 6.91. The van der Waals surface area contributed by atoms with Crippen molar-refractivity contribution >= 4 is 27.8 Å². The minimum Gasteiger partial charge on any atom is -0.507 e. The van der Waals surface area contributed by atoms with Gasteiger partial charge in [-0.15, -0.1) is 0 Å². The highest BCUT2D eigenvalue weighted by atomic mass is 79.9. The van der Waals surface area contributed by atoms with Crippen molar-refractivity contribution in [1.82, 2.24) is 4.90 Å². The minimum atomic E-state index is -0.243. The SMILES string of the molecule is COCCN(CCOC)Cc1c(O)ccc2c1O/C(=C/c1cc(Br)cc3c1OCOC3)C2=O. The topological polar surface area (TPSA) is 86.7 Å². The maximum atomic E-state index is 13.1. The summed E-state index contributed by atoms with van der Waals surface area (Å²) in [6.45, 7) is 3.30. The number of carbonyl (C=O) groups excluding carboxylic acids is 1. The molecule has 8 nitrogen and oxygen atoms in total. The van der Waals surface area contributed by atoms with E-state index in [1.165, 1.54) is 6.07 Å². The zero-order chi connectivity index (χ0) is 23.4. The number of ether oxygens (including phenoxy) is 5. The Kier molecular flexibility index (Phi) is 7.67. The van der Waals surface area contributed by atoms with Crippen molar-refractivity contribution in [2.75, 3.05) is 47.3 Å². The summed E-state index contributed by atoms with van der Waals surface area (Å²) in [5.74, 6) is 1.04. The van der Waals surface area contributed by atoms with E-state index in [-0.39, 0.29) is 24.1 Å². The van der Waals surface area contributed by atoms with Crippen LogP contribution in [0.4, 0.5) is 0 Å². The lowest BCUT2D eigenvalue weighted by Crippen LogP contribution is -2.30. The van der Waals surface area contributed by atoms with E-state index in [0.717, 1.165) is 10.0 Å². The first kappa shape index (κ1) is 23.7. The van der Waals surface area contributed by atoms with E-state index in [0.29, 0.717) is 67.6 Å². The number of ketones is 1. The molecular formula is C24H26BrNO7. The lowest BCUT2D eigenvalue weighted by molar-refractivity contribution is -0.0165. The first-order chi connectivity index (χ1) is 16.0. The number of methoxy groups -OCH3 is 2. The molecule has 0 amide bonds. The largest absolute Gasteiger partial charge is 0.507 e. The zero-order valence-electron chi connectivity index (χ0n) is 18.6. The number of phenols is 1. The number of phenolic OH excluding ortho intramolecular Hbond substituents is 1. The second-order valence-corrected chi connectivity index (χ2v) is 8.65. The molecule has 0 aromatic heterocycles. The second kappa shape index (κ2) is 10.7. The molecule has 0 atom stereocenters. The predicted octanol–water partition coefficient (Wildman–Crippen LogP) is 3.73. The molecule has 0 saturated carbocycles. The van der Waals surface area contributed by atoms with Crippen LogP contribution in [-0.2, 0) is 27.4 Å². The maximum absolute atomic E-state index is 13.1. The Hall–Kier alpha value is -2.43. The van der Waals surface area contributed by atoms with Crippen LogP contribution in [0, 0.1) is 0 Å². The predicted molar refractivity (Wildman–Crippen MR) is 124 cm³/mol. The van der Waals surface area contributed by atoms with Crippen LogP contribution in [0.1, 0.15) is 27.0 Å². The van der Waals surface area contributed by atoms with E-state index < -0.39 is 0 Å². The Bertz CT molecular complexity index is 1060. The number of Topliss-reactive ketones (excluding diaryl/α,β-unsaturated/α-hetero) is 1. The average molecular weight is 520 g/mol. The summed E-state index contributed by atoms with van der Waals surface area (Å²) in [4.78, 5) is 15.2. The standard InChI is InChI=1S/C24H26BrNO7/c1-29-7-5-26(6-8-30-2)12-19-20(27)4-3-18-22(28)21(33-24(18)19)11-15-9-17(25)10-16-13-31-14-32-23(15)16/h3-4,9-11,27H,5-8,12-14H2,1-2H3/b21-11+. The first-order valence-corrected chi connectivity index (χ1v) is 11.3. The van der Waals surface area contributed by atoms with Gasteiger partial charge in [0.25, 0.3) is 0 Å². The van der Waals surface area contributed by atoms with Crippen molar-refractivity contribution in [2.24, 2.45) is 0 Å². The molecule has 4 rings (SSSR count). The molecule has 9 heteroatoms. The molecule has 2 aromatic rings. The van der Waals surface area contributed by atoms with Gasteiger partial charge >= 0.3 is 0 Å². The van der Waals surface area contributed by atoms with Crippen LogP contribution >= 0.6 is 15.9 Å². The number of fused-ring (bicyclic) bond motifs is 2. The Labute approximate surface area is 200 Å². The number of rotatable bonds is 9. The average Bonchev–Trinajstić information content (AvgIpc) is 3.12. The molecule has 1 N–H and O–H groups in total. The molecule has 0 unspecified atom stereocenters. The summed E-state index contributed by atoms with van der Waals surface area (Å²) in [5, 5.41) is 10.6. The number of hydrogen-bond acceptors (Lipinski definition) is 8. The summed E-state index contributed by atoms with van der Waals surface area (Å²) in [6.07, 6.45) is 1.67. The fourth-order valence-electron chi connectivity index (χ4n) is 3.84. The van der Waals surface area contributed by atoms with Crippen LogP contribution in [0.5, 0.6) is 17.2 Å². The summed E-state index contributed by atoms with van der Waals surface area (Å²) < 4.78 is 28.3. The molecule has 0 fully saturated rings. The molecule has 2 aliphatic rings. The van der Waals surface area contributed by atoms with E-state index in [9.17, 15) is 9.90 Å². The number of aromatic hydroxyl groups is 1. The molecule has 0 aliphatic carbocycles. The second-order valence-electron chi connectivity index (χ2n) is 7.74. The minimum absolute atomic E-state index is 0.0722. The third kappa shape index (κ3) is 5.23. The summed E-state index contributed by atoms with van der Waals surface area (Å²) in [5.41, 5.74) is 2.57. The highest BCUT2D eigenvalue weighted by Crippen LogP contribution is 2.41. The number of benzene rings is 2. The van der Waals surface area contributed by atoms with Crippen molar-refractivity contribution in [1.29, 1.82) is 0 Å². The van der Waals surface area contributed by atoms with Gasteiger partial charge in [0.2, 0.25) is 5.78 Å². The lowest BCUT2D eigenvalue weighted by atomic mass is 10.0. The Morgan fingerprint density at radius 3 is 2.64 bits per heavy atom.